The lowest BCUT2D eigenvalue weighted by molar-refractivity contribution is 0.0235. The molecule has 0 aromatic rings. The molecule has 1 aliphatic rings. The summed E-state index contributed by atoms with van der Waals surface area (Å²) in [6.07, 6.45) is 5.05. The molecule has 1 fully saturated rings. The van der Waals surface area contributed by atoms with E-state index in [2.05, 4.69) is 26.8 Å². The van der Waals surface area contributed by atoms with E-state index >= 15 is 0 Å². The van der Waals surface area contributed by atoms with Gasteiger partial charge in [-0.3, -0.25) is 0 Å². The Balaban J connectivity index is 2.40. The number of rotatable bonds is 1. The maximum absolute atomic E-state index is 5.58. The molecule has 0 aliphatic carbocycles. The zero-order valence-corrected chi connectivity index (χ0v) is 7.76. The number of ether oxygens (including phenoxy) is 1. The van der Waals surface area contributed by atoms with Crippen LogP contribution in [0.15, 0.2) is 11.6 Å². The highest BCUT2D eigenvalue weighted by Gasteiger charge is 2.16. The van der Waals surface area contributed by atoms with Gasteiger partial charge >= 0.3 is 0 Å². The van der Waals surface area contributed by atoms with Gasteiger partial charge in [0.1, 0.15) is 0 Å². The number of allylic oxidation sites excluding steroid dienone is 1. The average Bonchev–Trinajstić information content (AvgIpc) is 1.85. The van der Waals surface area contributed by atoms with Crippen molar-refractivity contribution < 1.29 is 4.74 Å². The highest BCUT2D eigenvalue weighted by molar-refractivity contribution is 4.99. The smallest absolute Gasteiger partial charge is 0.0760 e. The molecule has 1 aliphatic heterocycles. The van der Waals surface area contributed by atoms with Crippen LogP contribution in [0.3, 0.4) is 0 Å². The molecule has 1 heterocycles. The Kier molecular flexibility index (Phi) is 3.13. The summed E-state index contributed by atoms with van der Waals surface area (Å²) in [5.74, 6) is 0.837. The summed E-state index contributed by atoms with van der Waals surface area (Å²) in [4.78, 5) is 0. The first-order chi connectivity index (χ1) is 5.18. The second-order valence-corrected chi connectivity index (χ2v) is 3.78. The van der Waals surface area contributed by atoms with Crippen molar-refractivity contribution in [3.8, 4) is 0 Å². The molecule has 0 aromatic heterocycles. The van der Waals surface area contributed by atoms with Gasteiger partial charge in [-0.2, -0.15) is 0 Å². The minimum Gasteiger partial charge on any atom is -0.374 e. The molecule has 0 unspecified atom stereocenters. The van der Waals surface area contributed by atoms with Crippen molar-refractivity contribution in [2.24, 2.45) is 5.92 Å². The van der Waals surface area contributed by atoms with Gasteiger partial charge in [-0.05, 0) is 32.6 Å². The fourth-order valence-corrected chi connectivity index (χ4v) is 1.49. The summed E-state index contributed by atoms with van der Waals surface area (Å²) in [7, 11) is 0. The van der Waals surface area contributed by atoms with Crippen LogP contribution in [0.1, 0.15) is 33.6 Å². The van der Waals surface area contributed by atoms with Crippen LogP contribution in [0.25, 0.3) is 0 Å². The van der Waals surface area contributed by atoms with Crippen molar-refractivity contribution in [3.05, 3.63) is 11.6 Å². The van der Waals surface area contributed by atoms with E-state index < -0.39 is 0 Å². The van der Waals surface area contributed by atoms with Crippen molar-refractivity contribution in [1.82, 2.24) is 0 Å². The van der Waals surface area contributed by atoms with Crippen molar-refractivity contribution >= 4 is 0 Å². The Morgan fingerprint density at radius 3 is 2.73 bits per heavy atom. The fraction of sp³-hybridized carbons (Fsp3) is 0.800. The monoisotopic (exact) mass is 154 g/mol. The predicted octanol–water partition coefficient (Wildman–Crippen LogP) is 2.77. The van der Waals surface area contributed by atoms with E-state index in [1.54, 1.807) is 0 Å². The lowest BCUT2D eigenvalue weighted by Gasteiger charge is -2.25. The van der Waals surface area contributed by atoms with E-state index in [-0.39, 0.29) is 0 Å². The van der Waals surface area contributed by atoms with Gasteiger partial charge in [0.15, 0.2) is 0 Å². The van der Waals surface area contributed by atoms with Gasteiger partial charge in [0.05, 0.1) is 6.10 Å². The predicted molar refractivity (Wildman–Crippen MR) is 47.6 cm³/mol. The number of hydrogen-bond donors (Lipinski definition) is 0. The molecule has 0 spiro atoms. The third kappa shape index (κ3) is 3.06. The maximum Gasteiger partial charge on any atom is 0.0760 e. The molecular weight excluding hydrogens is 136 g/mol. The van der Waals surface area contributed by atoms with E-state index in [1.807, 2.05) is 0 Å². The molecule has 64 valence electrons. The first kappa shape index (κ1) is 8.79. The zero-order chi connectivity index (χ0) is 8.27. The van der Waals surface area contributed by atoms with E-state index in [0.717, 1.165) is 12.5 Å². The average molecular weight is 154 g/mol. The Bertz CT molecular complexity index is 145. The van der Waals surface area contributed by atoms with Gasteiger partial charge in [-0.15, -0.1) is 0 Å². The van der Waals surface area contributed by atoms with Gasteiger partial charge < -0.3 is 4.74 Å². The van der Waals surface area contributed by atoms with Crippen LogP contribution < -0.4 is 0 Å². The van der Waals surface area contributed by atoms with Crippen LogP contribution in [-0.2, 0) is 4.74 Å². The van der Waals surface area contributed by atoms with Crippen LogP contribution in [0.4, 0.5) is 0 Å². The Morgan fingerprint density at radius 1 is 1.45 bits per heavy atom. The highest BCUT2D eigenvalue weighted by atomic mass is 16.5. The molecule has 0 radical (unpaired) electrons. The quantitative estimate of drug-likeness (QED) is 0.528. The lowest BCUT2D eigenvalue weighted by Crippen LogP contribution is -2.22. The first-order valence-electron chi connectivity index (χ1n) is 4.45. The number of hydrogen-bond acceptors (Lipinski definition) is 1. The largest absolute Gasteiger partial charge is 0.374 e. The second kappa shape index (κ2) is 3.91. The summed E-state index contributed by atoms with van der Waals surface area (Å²) in [6.45, 7) is 7.50. The zero-order valence-electron chi connectivity index (χ0n) is 7.76. The van der Waals surface area contributed by atoms with Crippen molar-refractivity contribution in [2.75, 3.05) is 6.61 Å². The van der Waals surface area contributed by atoms with Crippen molar-refractivity contribution in [1.29, 1.82) is 0 Å². The molecule has 2 atom stereocenters. The van der Waals surface area contributed by atoms with Crippen LogP contribution in [-0.4, -0.2) is 12.7 Å². The molecule has 11 heavy (non-hydrogen) atoms. The van der Waals surface area contributed by atoms with Crippen molar-refractivity contribution in [2.45, 2.75) is 39.7 Å². The van der Waals surface area contributed by atoms with E-state index in [0.29, 0.717) is 6.10 Å². The SMILES string of the molecule is CC(C)=C[C@@H]1C[C@@H](C)CCO1. The Hall–Kier alpha value is -0.300. The molecule has 0 saturated carbocycles. The fourth-order valence-electron chi connectivity index (χ4n) is 1.49. The summed E-state index contributed by atoms with van der Waals surface area (Å²) in [6, 6.07) is 0. The summed E-state index contributed by atoms with van der Waals surface area (Å²) < 4.78 is 5.58. The normalized spacial score (nSPS) is 31.5. The highest BCUT2D eigenvalue weighted by Crippen LogP contribution is 2.20. The van der Waals surface area contributed by atoms with E-state index in [4.69, 9.17) is 4.74 Å². The topological polar surface area (TPSA) is 9.23 Å². The van der Waals surface area contributed by atoms with Gasteiger partial charge in [-0.25, -0.2) is 0 Å². The summed E-state index contributed by atoms with van der Waals surface area (Å²) >= 11 is 0. The molecule has 1 heteroatoms. The third-order valence-corrected chi connectivity index (χ3v) is 2.10. The van der Waals surface area contributed by atoms with E-state index in [9.17, 15) is 0 Å². The van der Waals surface area contributed by atoms with E-state index in [1.165, 1.54) is 18.4 Å². The van der Waals surface area contributed by atoms with Crippen LogP contribution in [0.2, 0.25) is 0 Å². The maximum atomic E-state index is 5.58. The summed E-state index contributed by atoms with van der Waals surface area (Å²) in [5, 5.41) is 0. The minimum absolute atomic E-state index is 0.392. The standard InChI is InChI=1S/C10H18O/c1-8(2)6-10-7-9(3)4-5-11-10/h6,9-10H,4-5,7H2,1-3H3/t9-,10+/m0/s1. The van der Waals surface area contributed by atoms with Gasteiger partial charge in [0, 0.05) is 6.61 Å². The molecule has 0 amide bonds. The van der Waals surface area contributed by atoms with Crippen LogP contribution in [0, 0.1) is 5.92 Å². The minimum atomic E-state index is 0.392. The molecule has 0 aromatic carbocycles. The van der Waals surface area contributed by atoms with Gasteiger partial charge in [-0.1, -0.05) is 18.6 Å². The molecule has 0 N–H and O–H groups in total. The first-order valence-corrected chi connectivity index (χ1v) is 4.45. The molecular formula is C10H18O. The molecule has 1 rings (SSSR count). The second-order valence-electron chi connectivity index (χ2n) is 3.78. The van der Waals surface area contributed by atoms with Crippen LogP contribution in [0.5, 0.6) is 0 Å². The summed E-state index contributed by atoms with van der Waals surface area (Å²) in [5.41, 5.74) is 1.36. The lowest BCUT2D eigenvalue weighted by atomic mass is 9.97. The Morgan fingerprint density at radius 2 is 2.18 bits per heavy atom. The molecule has 1 saturated heterocycles. The van der Waals surface area contributed by atoms with Gasteiger partial charge in [0.2, 0.25) is 0 Å². The van der Waals surface area contributed by atoms with Gasteiger partial charge in [0.25, 0.3) is 0 Å². The molecule has 1 nitrogen and oxygen atoms in total. The Labute approximate surface area is 69.4 Å². The third-order valence-electron chi connectivity index (χ3n) is 2.10. The van der Waals surface area contributed by atoms with Crippen molar-refractivity contribution in [3.63, 3.8) is 0 Å². The molecule has 0 bridgehead atoms. The van der Waals surface area contributed by atoms with Crippen LogP contribution >= 0.6 is 0 Å².